The summed E-state index contributed by atoms with van der Waals surface area (Å²) in [6.45, 7) is 10.2. The lowest BCUT2D eigenvalue weighted by Gasteiger charge is -2.24. The molecule has 2 aromatic heterocycles. The maximum absolute atomic E-state index is 5.42. The van der Waals surface area contributed by atoms with Gasteiger partial charge in [-0.1, -0.05) is 6.07 Å². The van der Waals surface area contributed by atoms with Crippen molar-refractivity contribution >= 4 is 35.6 Å². The maximum Gasteiger partial charge on any atom is 0.191 e. The normalized spacial score (nSPS) is 12.1. The summed E-state index contributed by atoms with van der Waals surface area (Å²) >= 11 is 0. The Morgan fingerprint density at radius 3 is 2.71 bits per heavy atom. The number of imidazole rings is 1. The number of aromatic nitrogens is 2. The highest BCUT2D eigenvalue weighted by Gasteiger charge is 2.16. The molecule has 0 saturated heterocycles. The summed E-state index contributed by atoms with van der Waals surface area (Å²) in [6, 6.07) is 6.09. The van der Waals surface area contributed by atoms with E-state index in [-0.39, 0.29) is 29.6 Å². The van der Waals surface area contributed by atoms with Crippen LogP contribution in [0.2, 0.25) is 0 Å². The summed E-state index contributed by atoms with van der Waals surface area (Å²) in [7, 11) is 1.71. The van der Waals surface area contributed by atoms with E-state index >= 15 is 0 Å². The lowest BCUT2D eigenvalue weighted by Crippen LogP contribution is -2.45. The molecule has 0 fully saturated rings. The molecule has 0 atom stereocenters. The number of pyridine rings is 1. The molecule has 0 aliphatic carbocycles. The van der Waals surface area contributed by atoms with Crippen molar-refractivity contribution in [1.29, 1.82) is 0 Å². The number of guanidine groups is 1. The average molecular weight is 445 g/mol. The number of rotatable bonds is 6. The number of hydrogen-bond acceptors (Lipinski definition) is 3. The SMILES string of the molecule is CCNC(=NCc1cn2c(C)cccc2n1)NCC(C)(C)OC.I. The number of hydrogen-bond donors (Lipinski definition) is 2. The zero-order chi connectivity index (χ0) is 16.9. The second-order valence-corrected chi connectivity index (χ2v) is 6.14. The van der Waals surface area contributed by atoms with Crippen LogP contribution in [-0.2, 0) is 11.3 Å². The van der Waals surface area contributed by atoms with Crippen molar-refractivity contribution in [1.82, 2.24) is 20.0 Å². The molecule has 2 heterocycles. The quantitative estimate of drug-likeness (QED) is 0.408. The van der Waals surface area contributed by atoms with Gasteiger partial charge in [-0.25, -0.2) is 9.98 Å². The summed E-state index contributed by atoms with van der Waals surface area (Å²) in [5.74, 6) is 0.770. The zero-order valence-corrected chi connectivity index (χ0v) is 17.4. The van der Waals surface area contributed by atoms with E-state index in [0.29, 0.717) is 13.1 Å². The minimum atomic E-state index is -0.240. The molecular weight excluding hydrogens is 417 g/mol. The Hall–Kier alpha value is -1.35. The van der Waals surface area contributed by atoms with Crippen LogP contribution in [0.1, 0.15) is 32.2 Å². The van der Waals surface area contributed by atoms with Crippen LogP contribution >= 0.6 is 24.0 Å². The third-order valence-electron chi connectivity index (χ3n) is 3.72. The number of nitrogens with one attached hydrogen (secondary N) is 2. The van der Waals surface area contributed by atoms with Gasteiger partial charge in [0.25, 0.3) is 0 Å². The Morgan fingerprint density at radius 2 is 2.08 bits per heavy atom. The molecular formula is C17H28IN5O. The van der Waals surface area contributed by atoms with Crippen molar-refractivity contribution in [3.8, 4) is 0 Å². The summed E-state index contributed by atoms with van der Waals surface area (Å²) in [5.41, 5.74) is 2.82. The molecule has 2 rings (SSSR count). The van der Waals surface area contributed by atoms with Crippen LogP contribution in [0.4, 0.5) is 0 Å². The van der Waals surface area contributed by atoms with E-state index < -0.39 is 0 Å². The number of halogens is 1. The molecule has 0 aliphatic heterocycles. The van der Waals surface area contributed by atoms with Gasteiger partial charge in [0.1, 0.15) is 5.65 Å². The summed E-state index contributed by atoms with van der Waals surface area (Å²) in [5, 5.41) is 6.55. The van der Waals surface area contributed by atoms with Crippen molar-refractivity contribution in [3.05, 3.63) is 35.8 Å². The van der Waals surface area contributed by atoms with E-state index in [9.17, 15) is 0 Å². The fourth-order valence-corrected chi connectivity index (χ4v) is 2.15. The molecule has 7 heteroatoms. The van der Waals surface area contributed by atoms with Gasteiger partial charge in [0.2, 0.25) is 0 Å². The van der Waals surface area contributed by atoms with Crippen LogP contribution in [0.5, 0.6) is 0 Å². The Balaban J connectivity index is 0.00000288. The molecule has 2 aromatic rings. The van der Waals surface area contributed by atoms with E-state index in [1.54, 1.807) is 7.11 Å². The fraction of sp³-hybridized carbons (Fsp3) is 0.529. The first kappa shape index (κ1) is 20.7. The molecule has 0 unspecified atom stereocenters. The number of aliphatic imine (C=N–C) groups is 1. The minimum Gasteiger partial charge on any atom is -0.377 e. The van der Waals surface area contributed by atoms with Gasteiger partial charge < -0.3 is 19.8 Å². The fourth-order valence-electron chi connectivity index (χ4n) is 2.15. The maximum atomic E-state index is 5.42. The highest BCUT2D eigenvalue weighted by molar-refractivity contribution is 14.0. The second kappa shape index (κ2) is 9.22. The van der Waals surface area contributed by atoms with Crippen molar-refractivity contribution in [3.63, 3.8) is 0 Å². The number of ether oxygens (including phenoxy) is 1. The van der Waals surface area contributed by atoms with E-state index in [1.807, 2.05) is 39.1 Å². The molecule has 0 spiro atoms. The minimum absolute atomic E-state index is 0. The lowest BCUT2D eigenvalue weighted by atomic mass is 10.1. The Labute approximate surface area is 161 Å². The first-order valence-electron chi connectivity index (χ1n) is 7.96. The molecule has 0 bridgehead atoms. The van der Waals surface area contributed by atoms with Crippen LogP contribution < -0.4 is 10.6 Å². The number of aryl methyl sites for hydroxylation is 1. The van der Waals surface area contributed by atoms with Crippen molar-refractivity contribution < 1.29 is 4.74 Å². The van der Waals surface area contributed by atoms with Crippen LogP contribution in [0, 0.1) is 6.92 Å². The van der Waals surface area contributed by atoms with Gasteiger partial charge in [-0.05, 0) is 39.8 Å². The molecule has 134 valence electrons. The standard InChI is InChI=1S/C17H27N5O.HI/c1-6-18-16(20-12-17(3,4)23-5)19-10-14-11-22-13(2)8-7-9-15(22)21-14;/h7-9,11H,6,10,12H2,1-5H3,(H2,18,19,20);1H. The van der Waals surface area contributed by atoms with Gasteiger partial charge in [0.05, 0.1) is 17.8 Å². The smallest absolute Gasteiger partial charge is 0.191 e. The molecule has 6 nitrogen and oxygen atoms in total. The van der Waals surface area contributed by atoms with Crippen LogP contribution in [0.15, 0.2) is 29.4 Å². The molecule has 0 radical (unpaired) electrons. The van der Waals surface area contributed by atoms with Crippen LogP contribution in [0.25, 0.3) is 5.65 Å². The second-order valence-electron chi connectivity index (χ2n) is 6.14. The lowest BCUT2D eigenvalue weighted by molar-refractivity contribution is 0.0268. The van der Waals surface area contributed by atoms with Gasteiger partial charge in [0, 0.05) is 32.1 Å². The van der Waals surface area contributed by atoms with Crippen molar-refractivity contribution in [2.45, 2.75) is 39.8 Å². The largest absolute Gasteiger partial charge is 0.377 e. The predicted molar refractivity (Wildman–Crippen MR) is 109 cm³/mol. The molecule has 0 amide bonds. The van der Waals surface area contributed by atoms with Crippen molar-refractivity contribution in [2.24, 2.45) is 4.99 Å². The zero-order valence-electron chi connectivity index (χ0n) is 15.1. The molecule has 2 N–H and O–H groups in total. The molecule has 0 saturated carbocycles. The van der Waals surface area contributed by atoms with Gasteiger partial charge >= 0.3 is 0 Å². The van der Waals surface area contributed by atoms with E-state index in [2.05, 4.69) is 38.0 Å². The summed E-state index contributed by atoms with van der Waals surface area (Å²) in [6.07, 6.45) is 2.04. The van der Waals surface area contributed by atoms with E-state index in [0.717, 1.165) is 29.5 Å². The highest BCUT2D eigenvalue weighted by atomic mass is 127. The van der Waals surface area contributed by atoms with E-state index in [1.165, 1.54) is 0 Å². The molecule has 0 aromatic carbocycles. The first-order valence-corrected chi connectivity index (χ1v) is 7.96. The monoisotopic (exact) mass is 445 g/mol. The summed E-state index contributed by atoms with van der Waals surface area (Å²) < 4.78 is 7.50. The number of fused-ring (bicyclic) bond motifs is 1. The topological polar surface area (TPSA) is 63.0 Å². The van der Waals surface area contributed by atoms with Crippen molar-refractivity contribution in [2.75, 3.05) is 20.2 Å². The van der Waals surface area contributed by atoms with Gasteiger partial charge in [-0.2, -0.15) is 0 Å². The molecule has 24 heavy (non-hydrogen) atoms. The van der Waals surface area contributed by atoms with Gasteiger partial charge in [-0.3, -0.25) is 0 Å². The molecule has 0 aliphatic rings. The van der Waals surface area contributed by atoms with Gasteiger partial charge in [0.15, 0.2) is 5.96 Å². The average Bonchev–Trinajstić information content (AvgIpc) is 2.95. The Morgan fingerprint density at radius 1 is 1.33 bits per heavy atom. The Kier molecular flexibility index (Phi) is 7.95. The predicted octanol–water partition coefficient (Wildman–Crippen LogP) is 2.74. The third-order valence-corrected chi connectivity index (χ3v) is 3.72. The number of methoxy groups -OCH3 is 1. The van der Waals surface area contributed by atoms with Crippen LogP contribution in [0.3, 0.4) is 0 Å². The highest BCUT2D eigenvalue weighted by Crippen LogP contribution is 2.09. The van der Waals surface area contributed by atoms with Gasteiger partial charge in [-0.15, -0.1) is 24.0 Å². The van der Waals surface area contributed by atoms with Crippen LogP contribution in [-0.4, -0.2) is 41.1 Å². The Bertz CT molecular complexity index is 681. The third kappa shape index (κ3) is 5.62. The summed E-state index contributed by atoms with van der Waals surface area (Å²) in [4.78, 5) is 9.22. The van der Waals surface area contributed by atoms with E-state index in [4.69, 9.17) is 4.74 Å². The number of nitrogens with zero attached hydrogens (tertiary/aromatic N) is 3. The first-order chi connectivity index (χ1) is 10.9.